The molecular formula is C21H24N2O3S2. The Bertz CT molecular complexity index is 1030. The van der Waals surface area contributed by atoms with Gasteiger partial charge in [-0.25, -0.2) is 8.42 Å². The molecular weight excluding hydrogens is 392 g/mol. The van der Waals surface area contributed by atoms with Crippen molar-refractivity contribution in [1.82, 2.24) is 0 Å². The van der Waals surface area contributed by atoms with Gasteiger partial charge in [-0.3, -0.25) is 4.79 Å². The molecule has 1 amide bonds. The van der Waals surface area contributed by atoms with E-state index >= 15 is 0 Å². The third-order valence-corrected chi connectivity index (χ3v) is 8.45. The first-order chi connectivity index (χ1) is 13.2. The molecule has 1 aliphatic carbocycles. The molecule has 1 heterocycles. The highest BCUT2D eigenvalue weighted by molar-refractivity contribution is 7.92. The van der Waals surface area contributed by atoms with Crippen LogP contribution in [0.15, 0.2) is 29.2 Å². The number of carbonyl (C=O) groups excluding carboxylic acids is 1. The minimum Gasteiger partial charge on any atom is -0.316 e. The maximum Gasteiger partial charge on any atom is 0.229 e. The number of hydrogen-bond donors (Lipinski definition) is 1. The van der Waals surface area contributed by atoms with Gasteiger partial charge in [0.05, 0.1) is 22.1 Å². The Labute approximate surface area is 170 Å². The van der Waals surface area contributed by atoms with E-state index < -0.39 is 15.1 Å². The van der Waals surface area contributed by atoms with Crippen molar-refractivity contribution < 1.29 is 13.2 Å². The van der Waals surface area contributed by atoms with E-state index in [9.17, 15) is 18.5 Å². The van der Waals surface area contributed by atoms with Crippen molar-refractivity contribution in [1.29, 1.82) is 5.26 Å². The molecule has 1 unspecified atom stereocenters. The molecule has 0 radical (unpaired) electrons. The third-order valence-electron chi connectivity index (χ3n) is 5.11. The molecule has 0 spiro atoms. The lowest BCUT2D eigenvalue weighted by Gasteiger charge is -2.17. The van der Waals surface area contributed by atoms with E-state index in [1.807, 2.05) is 0 Å². The van der Waals surface area contributed by atoms with E-state index in [1.165, 1.54) is 16.2 Å². The number of nitrogens with zero attached hydrogens (tertiary/aromatic N) is 1. The number of thiophene rings is 1. The highest BCUT2D eigenvalue weighted by atomic mass is 32.2. The maximum absolute atomic E-state index is 12.5. The van der Waals surface area contributed by atoms with Gasteiger partial charge in [-0.2, -0.15) is 5.26 Å². The summed E-state index contributed by atoms with van der Waals surface area (Å²) in [7, 11) is -3.32. The topological polar surface area (TPSA) is 87.0 Å². The zero-order valence-electron chi connectivity index (χ0n) is 16.3. The van der Waals surface area contributed by atoms with Gasteiger partial charge < -0.3 is 5.32 Å². The molecule has 0 saturated carbocycles. The number of hydrogen-bond acceptors (Lipinski definition) is 5. The normalized spacial score (nSPS) is 16.5. The fourth-order valence-corrected chi connectivity index (χ4v) is 5.82. The monoisotopic (exact) mass is 416 g/mol. The summed E-state index contributed by atoms with van der Waals surface area (Å²) in [6.07, 6.45) is 3.04. The first-order valence-electron chi connectivity index (χ1n) is 9.39. The first-order valence-corrected chi connectivity index (χ1v) is 11.8. The molecule has 1 atom stereocenters. The zero-order valence-corrected chi connectivity index (χ0v) is 17.9. The van der Waals surface area contributed by atoms with Crippen LogP contribution in [-0.2, 0) is 33.9 Å². The summed E-state index contributed by atoms with van der Waals surface area (Å²) in [4.78, 5) is 14.0. The summed E-state index contributed by atoms with van der Waals surface area (Å²) >= 11 is 1.50. The molecule has 1 aromatic carbocycles. The van der Waals surface area contributed by atoms with Crippen molar-refractivity contribution in [2.75, 3.05) is 5.32 Å². The quantitative estimate of drug-likeness (QED) is 0.795. The molecule has 3 rings (SSSR count). The Hall–Kier alpha value is -2.17. The summed E-state index contributed by atoms with van der Waals surface area (Å²) in [5.41, 5.74) is 2.41. The van der Waals surface area contributed by atoms with Gasteiger partial charge in [0.15, 0.2) is 9.84 Å². The Kier molecular flexibility index (Phi) is 5.92. The van der Waals surface area contributed by atoms with E-state index in [-0.39, 0.29) is 17.2 Å². The fraction of sp³-hybridized carbons (Fsp3) is 0.429. The molecule has 0 saturated heterocycles. The van der Waals surface area contributed by atoms with Crippen LogP contribution in [0.4, 0.5) is 5.00 Å². The van der Waals surface area contributed by atoms with E-state index in [0.29, 0.717) is 16.5 Å². The van der Waals surface area contributed by atoms with Gasteiger partial charge in [0.25, 0.3) is 0 Å². The fourth-order valence-electron chi connectivity index (χ4n) is 3.38. The molecule has 1 aromatic heterocycles. The molecule has 0 aliphatic heterocycles. The average molecular weight is 417 g/mol. The second kappa shape index (κ2) is 8.06. The lowest BCUT2D eigenvalue weighted by molar-refractivity contribution is -0.115. The van der Waals surface area contributed by atoms with Crippen LogP contribution in [0.3, 0.4) is 0 Å². The number of anilines is 1. The van der Waals surface area contributed by atoms with Crippen molar-refractivity contribution in [3.63, 3.8) is 0 Å². The molecule has 0 bridgehead atoms. The third kappa shape index (κ3) is 4.13. The van der Waals surface area contributed by atoms with Gasteiger partial charge in [-0.15, -0.1) is 11.3 Å². The van der Waals surface area contributed by atoms with Gasteiger partial charge >= 0.3 is 0 Å². The van der Waals surface area contributed by atoms with Gasteiger partial charge in [-0.05, 0) is 62.3 Å². The number of carbonyl (C=O) groups is 1. The highest BCUT2D eigenvalue weighted by Crippen LogP contribution is 2.39. The number of nitrogens with one attached hydrogen (secondary N) is 1. The molecule has 5 nitrogen and oxygen atoms in total. The van der Waals surface area contributed by atoms with Crippen LogP contribution >= 0.6 is 11.3 Å². The van der Waals surface area contributed by atoms with E-state index in [0.717, 1.165) is 30.4 Å². The van der Waals surface area contributed by atoms with Gasteiger partial charge in [0.1, 0.15) is 11.1 Å². The SMILES string of the molecule is CC1CCc2c(sc(NC(=O)Cc3ccc(S(=O)(=O)C(C)C)cc3)c2C#N)C1. The number of amides is 1. The second-order valence-corrected chi connectivity index (χ2v) is 11.2. The Balaban J connectivity index is 1.72. The number of rotatable bonds is 5. The average Bonchev–Trinajstić information content (AvgIpc) is 2.97. The molecule has 2 aromatic rings. The van der Waals surface area contributed by atoms with Crippen LogP contribution in [0.25, 0.3) is 0 Å². The second-order valence-electron chi connectivity index (χ2n) is 7.63. The van der Waals surface area contributed by atoms with Crippen LogP contribution in [-0.4, -0.2) is 19.6 Å². The largest absolute Gasteiger partial charge is 0.316 e. The van der Waals surface area contributed by atoms with Gasteiger partial charge in [0.2, 0.25) is 5.91 Å². The van der Waals surface area contributed by atoms with E-state index in [1.54, 1.807) is 38.1 Å². The van der Waals surface area contributed by atoms with Gasteiger partial charge in [0, 0.05) is 4.88 Å². The summed E-state index contributed by atoms with van der Waals surface area (Å²) in [5.74, 6) is 0.393. The summed E-state index contributed by atoms with van der Waals surface area (Å²) < 4.78 is 24.4. The number of sulfone groups is 1. The smallest absolute Gasteiger partial charge is 0.229 e. The van der Waals surface area contributed by atoms with Crippen LogP contribution in [0.1, 0.15) is 48.8 Å². The van der Waals surface area contributed by atoms with Crippen LogP contribution in [0.5, 0.6) is 0 Å². The molecule has 1 aliphatic rings. The standard InChI is InChI=1S/C21H24N2O3S2/c1-13(2)28(25,26)16-7-5-15(6-8-16)11-20(24)23-21-18(12-22)17-9-4-14(3)10-19(17)27-21/h5-8,13-14H,4,9-11H2,1-3H3,(H,23,24). The van der Waals surface area contributed by atoms with E-state index in [4.69, 9.17) is 0 Å². The molecule has 7 heteroatoms. The van der Waals surface area contributed by atoms with Crippen LogP contribution < -0.4 is 5.32 Å². The molecule has 1 N–H and O–H groups in total. The van der Waals surface area contributed by atoms with Crippen molar-refractivity contribution >= 4 is 32.1 Å². The summed E-state index contributed by atoms with van der Waals surface area (Å²) in [6, 6.07) is 8.68. The first kappa shape index (κ1) is 20.6. The predicted molar refractivity (Wildman–Crippen MR) is 111 cm³/mol. The van der Waals surface area contributed by atoms with Crippen molar-refractivity contribution in [2.24, 2.45) is 5.92 Å². The Morgan fingerprint density at radius 2 is 2.00 bits per heavy atom. The van der Waals surface area contributed by atoms with E-state index in [2.05, 4.69) is 18.3 Å². The number of fused-ring (bicyclic) bond motifs is 1. The summed E-state index contributed by atoms with van der Waals surface area (Å²) in [5, 5.41) is 12.6. The minimum absolute atomic E-state index is 0.131. The predicted octanol–water partition coefficient (Wildman–Crippen LogP) is 4.11. The van der Waals surface area contributed by atoms with Gasteiger partial charge in [-0.1, -0.05) is 19.1 Å². The highest BCUT2D eigenvalue weighted by Gasteiger charge is 2.25. The zero-order chi connectivity index (χ0) is 20.5. The van der Waals surface area contributed by atoms with Crippen LogP contribution in [0.2, 0.25) is 0 Å². The van der Waals surface area contributed by atoms with Crippen LogP contribution in [0, 0.1) is 17.2 Å². The Morgan fingerprint density at radius 3 is 2.61 bits per heavy atom. The Morgan fingerprint density at radius 1 is 1.32 bits per heavy atom. The van der Waals surface area contributed by atoms with Crippen molar-refractivity contribution in [3.05, 3.63) is 45.8 Å². The molecule has 0 fully saturated rings. The maximum atomic E-state index is 12.5. The molecule has 28 heavy (non-hydrogen) atoms. The summed E-state index contributed by atoms with van der Waals surface area (Å²) in [6.45, 7) is 5.49. The number of nitriles is 1. The lowest BCUT2D eigenvalue weighted by Crippen LogP contribution is -2.15. The molecule has 148 valence electrons. The lowest BCUT2D eigenvalue weighted by atomic mass is 9.88. The number of benzene rings is 1. The van der Waals surface area contributed by atoms with Crippen molar-refractivity contribution in [3.8, 4) is 6.07 Å². The van der Waals surface area contributed by atoms with Crippen molar-refractivity contribution in [2.45, 2.75) is 56.6 Å². The minimum atomic E-state index is -3.32.